The lowest BCUT2D eigenvalue weighted by molar-refractivity contribution is -0.131. The largest absolute Gasteiger partial charge is 0.427 e. The minimum Gasteiger partial charge on any atom is -0.427 e. The average Bonchev–Trinajstić information content (AvgIpc) is 2.99. The van der Waals surface area contributed by atoms with E-state index in [0.717, 1.165) is 5.56 Å². The highest BCUT2D eigenvalue weighted by Crippen LogP contribution is 2.26. The van der Waals surface area contributed by atoms with Gasteiger partial charge in [-0.2, -0.15) is 0 Å². The minimum atomic E-state index is -0.831. The second-order valence-corrected chi connectivity index (χ2v) is 6.53. The molecule has 7 heteroatoms. The number of esters is 1. The SMILES string of the molecule is CC(=O)Oc1ccc(-c2cccc(C(=O)ON3C(=O)c4ccccc4C3=O)c2)cc1. The van der Waals surface area contributed by atoms with Gasteiger partial charge in [0.05, 0.1) is 16.7 Å². The van der Waals surface area contributed by atoms with Gasteiger partial charge in [-0.15, -0.1) is 0 Å². The maximum Gasteiger partial charge on any atom is 0.363 e. The number of hydrogen-bond acceptors (Lipinski definition) is 6. The van der Waals surface area contributed by atoms with Crippen molar-refractivity contribution in [2.45, 2.75) is 6.92 Å². The van der Waals surface area contributed by atoms with Crippen LogP contribution in [0.2, 0.25) is 0 Å². The van der Waals surface area contributed by atoms with Crippen LogP contribution in [0.4, 0.5) is 0 Å². The van der Waals surface area contributed by atoms with Crippen molar-refractivity contribution in [1.82, 2.24) is 5.06 Å². The molecule has 0 N–H and O–H groups in total. The van der Waals surface area contributed by atoms with Gasteiger partial charge in [-0.25, -0.2) is 4.79 Å². The predicted molar refractivity (Wildman–Crippen MR) is 106 cm³/mol. The molecule has 0 spiro atoms. The second kappa shape index (κ2) is 7.63. The van der Waals surface area contributed by atoms with Crippen LogP contribution in [0, 0.1) is 0 Å². The zero-order valence-electron chi connectivity index (χ0n) is 15.8. The molecule has 0 atom stereocenters. The summed E-state index contributed by atoms with van der Waals surface area (Å²) in [6.07, 6.45) is 0. The topological polar surface area (TPSA) is 90.0 Å². The van der Waals surface area contributed by atoms with E-state index in [1.54, 1.807) is 54.6 Å². The lowest BCUT2D eigenvalue weighted by Gasteiger charge is -2.13. The summed E-state index contributed by atoms with van der Waals surface area (Å²) >= 11 is 0. The summed E-state index contributed by atoms with van der Waals surface area (Å²) in [5.41, 5.74) is 2.05. The summed E-state index contributed by atoms with van der Waals surface area (Å²) in [5.74, 6) is -2.20. The highest BCUT2D eigenvalue weighted by atomic mass is 16.7. The van der Waals surface area contributed by atoms with Crippen LogP contribution in [0.5, 0.6) is 5.75 Å². The molecule has 3 aromatic rings. The highest BCUT2D eigenvalue weighted by Gasteiger charge is 2.38. The van der Waals surface area contributed by atoms with Gasteiger partial charge in [0.1, 0.15) is 5.75 Å². The normalized spacial score (nSPS) is 12.5. The van der Waals surface area contributed by atoms with Gasteiger partial charge >= 0.3 is 11.9 Å². The molecule has 0 radical (unpaired) electrons. The van der Waals surface area contributed by atoms with Crippen molar-refractivity contribution in [3.63, 3.8) is 0 Å². The van der Waals surface area contributed by atoms with Crippen molar-refractivity contribution in [2.75, 3.05) is 0 Å². The fourth-order valence-corrected chi connectivity index (χ4v) is 3.09. The highest BCUT2D eigenvalue weighted by molar-refractivity contribution is 6.21. The lowest BCUT2D eigenvalue weighted by atomic mass is 10.0. The first kappa shape index (κ1) is 19.1. The van der Waals surface area contributed by atoms with Gasteiger partial charge in [-0.05, 0) is 47.5 Å². The summed E-state index contributed by atoms with van der Waals surface area (Å²) in [4.78, 5) is 53.4. The van der Waals surface area contributed by atoms with Crippen molar-refractivity contribution in [1.29, 1.82) is 0 Å². The molecule has 0 unspecified atom stereocenters. The van der Waals surface area contributed by atoms with Gasteiger partial charge < -0.3 is 9.57 Å². The summed E-state index contributed by atoms with van der Waals surface area (Å²) < 4.78 is 5.01. The molecule has 0 bridgehead atoms. The first-order chi connectivity index (χ1) is 14.4. The quantitative estimate of drug-likeness (QED) is 0.377. The molecule has 0 saturated heterocycles. The Bertz CT molecular complexity index is 1150. The Kier molecular flexibility index (Phi) is 4.85. The number of fused-ring (bicyclic) bond motifs is 1. The molecule has 1 heterocycles. The summed E-state index contributed by atoms with van der Waals surface area (Å²) in [7, 11) is 0. The number of carbonyl (C=O) groups is 4. The van der Waals surface area contributed by atoms with E-state index in [-0.39, 0.29) is 16.7 Å². The molecular weight excluding hydrogens is 386 g/mol. The van der Waals surface area contributed by atoms with Crippen LogP contribution in [-0.2, 0) is 9.63 Å². The first-order valence-electron chi connectivity index (χ1n) is 9.03. The van der Waals surface area contributed by atoms with E-state index < -0.39 is 23.8 Å². The van der Waals surface area contributed by atoms with Crippen molar-refractivity contribution in [3.8, 4) is 16.9 Å². The molecule has 0 fully saturated rings. The molecule has 4 rings (SSSR count). The Labute approximate surface area is 171 Å². The van der Waals surface area contributed by atoms with E-state index in [1.807, 2.05) is 0 Å². The molecule has 2 amide bonds. The minimum absolute atomic E-state index is 0.174. The zero-order chi connectivity index (χ0) is 21.3. The molecule has 0 aromatic heterocycles. The number of amides is 2. The van der Waals surface area contributed by atoms with Crippen LogP contribution >= 0.6 is 0 Å². The number of ether oxygens (including phenoxy) is 1. The van der Waals surface area contributed by atoms with Crippen LogP contribution < -0.4 is 4.74 Å². The number of imide groups is 1. The van der Waals surface area contributed by atoms with Crippen molar-refractivity contribution >= 4 is 23.8 Å². The number of carbonyl (C=O) groups excluding carboxylic acids is 4. The Balaban J connectivity index is 1.53. The molecule has 30 heavy (non-hydrogen) atoms. The van der Waals surface area contributed by atoms with Gasteiger partial charge in [0.25, 0.3) is 11.8 Å². The summed E-state index contributed by atoms with van der Waals surface area (Å²) in [5, 5.41) is 0.480. The monoisotopic (exact) mass is 401 g/mol. The molecule has 7 nitrogen and oxygen atoms in total. The van der Waals surface area contributed by atoms with E-state index in [1.165, 1.54) is 25.1 Å². The molecule has 3 aromatic carbocycles. The van der Waals surface area contributed by atoms with Crippen LogP contribution in [0.3, 0.4) is 0 Å². The average molecular weight is 401 g/mol. The molecular formula is C23H15NO6. The second-order valence-electron chi connectivity index (χ2n) is 6.53. The molecule has 0 saturated carbocycles. The molecule has 1 aliphatic rings. The van der Waals surface area contributed by atoms with Gasteiger partial charge in [0.15, 0.2) is 0 Å². The van der Waals surface area contributed by atoms with E-state index in [4.69, 9.17) is 9.57 Å². The van der Waals surface area contributed by atoms with Crippen molar-refractivity contribution < 1.29 is 28.8 Å². The number of nitrogens with zero attached hydrogens (tertiary/aromatic N) is 1. The molecule has 0 aliphatic carbocycles. The fourth-order valence-electron chi connectivity index (χ4n) is 3.09. The fraction of sp³-hybridized carbons (Fsp3) is 0.0435. The number of benzene rings is 3. The predicted octanol–water partition coefficient (Wildman–Crippen LogP) is 3.65. The van der Waals surface area contributed by atoms with Crippen LogP contribution in [0.15, 0.2) is 72.8 Å². The van der Waals surface area contributed by atoms with Gasteiger partial charge in [-0.3, -0.25) is 14.4 Å². The van der Waals surface area contributed by atoms with Crippen LogP contribution in [0.1, 0.15) is 38.0 Å². The number of hydroxylamine groups is 2. The molecule has 1 aliphatic heterocycles. The first-order valence-corrected chi connectivity index (χ1v) is 9.03. The zero-order valence-corrected chi connectivity index (χ0v) is 15.8. The lowest BCUT2D eigenvalue weighted by Crippen LogP contribution is -2.32. The number of rotatable bonds is 4. The third-order valence-corrected chi connectivity index (χ3v) is 4.48. The maximum absolute atomic E-state index is 12.6. The van der Waals surface area contributed by atoms with Crippen LogP contribution in [-0.4, -0.2) is 28.8 Å². The number of hydrogen-bond donors (Lipinski definition) is 0. The third-order valence-electron chi connectivity index (χ3n) is 4.48. The van der Waals surface area contributed by atoms with E-state index in [2.05, 4.69) is 0 Å². The van der Waals surface area contributed by atoms with Gasteiger partial charge in [0.2, 0.25) is 0 Å². The Hall–Kier alpha value is -4.26. The Morgan fingerprint density at radius 2 is 1.40 bits per heavy atom. The molecule has 148 valence electrons. The van der Waals surface area contributed by atoms with Crippen LogP contribution in [0.25, 0.3) is 11.1 Å². The van der Waals surface area contributed by atoms with Gasteiger partial charge in [-0.1, -0.05) is 41.5 Å². The third kappa shape index (κ3) is 3.56. The Morgan fingerprint density at radius 1 is 0.767 bits per heavy atom. The van der Waals surface area contributed by atoms with E-state index in [0.29, 0.717) is 16.4 Å². The summed E-state index contributed by atoms with van der Waals surface area (Å²) in [6, 6.07) is 19.6. The van der Waals surface area contributed by atoms with E-state index >= 15 is 0 Å². The van der Waals surface area contributed by atoms with Gasteiger partial charge in [0, 0.05) is 6.92 Å². The Morgan fingerprint density at radius 3 is 2.00 bits per heavy atom. The summed E-state index contributed by atoms with van der Waals surface area (Å²) in [6.45, 7) is 1.32. The van der Waals surface area contributed by atoms with Crippen molar-refractivity contribution in [2.24, 2.45) is 0 Å². The van der Waals surface area contributed by atoms with E-state index in [9.17, 15) is 19.2 Å². The standard InChI is InChI=1S/C23H15NO6/c1-14(25)29-18-11-9-15(10-12-18)16-5-4-6-17(13-16)23(28)30-24-21(26)19-7-2-3-8-20(19)22(24)27/h2-13H,1H3. The smallest absolute Gasteiger partial charge is 0.363 e. The maximum atomic E-state index is 12.6. The van der Waals surface area contributed by atoms with Crippen molar-refractivity contribution in [3.05, 3.63) is 89.5 Å².